The minimum absolute atomic E-state index is 0.161. The molecular formula is C13H23N5S2. The molecule has 0 amide bonds. The Hall–Kier alpha value is -0.790. The van der Waals surface area contributed by atoms with Crippen molar-refractivity contribution in [2.45, 2.75) is 45.7 Å². The molecule has 2 heterocycles. The number of hydrogen-bond acceptors (Lipinski definition) is 7. The first-order valence-corrected chi connectivity index (χ1v) is 8.97. The second-order valence-corrected chi connectivity index (χ2v) is 6.95. The van der Waals surface area contributed by atoms with Crippen LogP contribution in [-0.4, -0.2) is 27.3 Å². The van der Waals surface area contributed by atoms with Gasteiger partial charge < -0.3 is 16.4 Å². The van der Waals surface area contributed by atoms with Gasteiger partial charge in [-0.1, -0.05) is 49.8 Å². The molecule has 4 N–H and O–H groups in total. The summed E-state index contributed by atoms with van der Waals surface area (Å²) in [7, 11) is 0. The van der Waals surface area contributed by atoms with Gasteiger partial charge in [-0.05, 0) is 12.8 Å². The number of anilines is 1. The highest BCUT2D eigenvalue weighted by molar-refractivity contribution is 8.13. The summed E-state index contributed by atoms with van der Waals surface area (Å²) in [6.45, 7) is 5.28. The number of nitrogens with two attached hydrogens (primary N) is 2. The van der Waals surface area contributed by atoms with E-state index in [0.29, 0.717) is 10.9 Å². The molecule has 0 fully saturated rings. The van der Waals surface area contributed by atoms with E-state index in [0.717, 1.165) is 28.8 Å². The van der Waals surface area contributed by atoms with Crippen molar-refractivity contribution in [3.63, 3.8) is 0 Å². The second-order valence-electron chi connectivity index (χ2n) is 4.83. The molecule has 0 radical (unpaired) electrons. The normalized spacial score (nSPS) is 18.1. The van der Waals surface area contributed by atoms with E-state index in [9.17, 15) is 0 Å². The molecule has 0 spiro atoms. The second kappa shape index (κ2) is 7.28. The molecule has 1 aromatic rings. The summed E-state index contributed by atoms with van der Waals surface area (Å²) < 4.78 is 0. The van der Waals surface area contributed by atoms with Crippen LogP contribution in [0.4, 0.5) is 10.9 Å². The smallest absolute Gasteiger partial charge is 0.182 e. The van der Waals surface area contributed by atoms with Gasteiger partial charge in [-0.25, -0.2) is 9.98 Å². The lowest BCUT2D eigenvalue weighted by atomic mass is 10.3. The number of fused-ring (bicyclic) bond motifs is 1. The average Bonchev–Trinajstić information content (AvgIpc) is 2.80. The van der Waals surface area contributed by atoms with E-state index >= 15 is 0 Å². The Labute approximate surface area is 128 Å². The summed E-state index contributed by atoms with van der Waals surface area (Å²) in [4.78, 5) is 12.1. The maximum absolute atomic E-state index is 6.36. The van der Waals surface area contributed by atoms with Gasteiger partial charge >= 0.3 is 0 Å². The molecule has 1 unspecified atom stereocenters. The Morgan fingerprint density at radius 3 is 2.80 bits per heavy atom. The quantitative estimate of drug-likeness (QED) is 0.787. The average molecular weight is 313 g/mol. The summed E-state index contributed by atoms with van der Waals surface area (Å²) in [6.07, 6.45) is 4.59. The summed E-state index contributed by atoms with van der Waals surface area (Å²) in [5.74, 6) is 1.79. The standard InChI is InChI=1S/C13H23N5S2/c1-3-5-6-8-19-13-17-11-9(20-12(15)16-11)10(14)18(13)7-4-2/h10H,3-8,14H2,1-2H3,(H2,15,16). The fraction of sp³-hybridized carbons (Fsp3) is 0.692. The van der Waals surface area contributed by atoms with E-state index in [1.54, 1.807) is 11.8 Å². The minimum atomic E-state index is -0.161. The first-order chi connectivity index (χ1) is 9.67. The van der Waals surface area contributed by atoms with Crippen molar-refractivity contribution in [2.24, 2.45) is 10.7 Å². The number of hydrogen-bond donors (Lipinski definition) is 2. The van der Waals surface area contributed by atoms with Crippen LogP contribution in [0.1, 0.15) is 50.6 Å². The van der Waals surface area contributed by atoms with E-state index in [2.05, 4.69) is 28.7 Å². The number of nitrogen functional groups attached to an aromatic ring is 1. The van der Waals surface area contributed by atoms with E-state index < -0.39 is 0 Å². The highest BCUT2D eigenvalue weighted by atomic mass is 32.2. The minimum Gasteiger partial charge on any atom is -0.375 e. The fourth-order valence-electron chi connectivity index (χ4n) is 2.14. The molecule has 0 aromatic carbocycles. The molecule has 112 valence electrons. The van der Waals surface area contributed by atoms with Crippen LogP contribution < -0.4 is 11.5 Å². The summed E-state index contributed by atoms with van der Waals surface area (Å²) >= 11 is 3.23. The molecule has 7 heteroatoms. The lowest BCUT2D eigenvalue weighted by Crippen LogP contribution is -2.40. The van der Waals surface area contributed by atoms with Gasteiger partial charge in [0.05, 0.1) is 4.88 Å². The van der Waals surface area contributed by atoms with Gasteiger partial charge in [0.15, 0.2) is 16.1 Å². The van der Waals surface area contributed by atoms with Crippen LogP contribution in [-0.2, 0) is 0 Å². The number of aliphatic imine (C=N–C) groups is 1. The van der Waals surface area contributed by atoms with E-state index in [4.69, 9.17) is 11.5 Å². The predicted molar refractivity (Wildman–Crippen MR) is 89.5 cm³/mol. The zero-order chi connectivity index (χ0) is 14.5. The van der Waals surface area contributed by atoms with E-state index in [-0.39, 0.29) is 6.17 Å². The van der Waals surface area contributed by atoms with Gasteiger partial charge in [0.25, 0.3) is 0 Å². The number of thiazole rings is 1. The van der Waals surface area contributed by atoms with E-state index in [1.807, 2.05) is 0 Å². The molecular weight excluding hydrogens is 290 g/mol. The molecule has 2 rings (SSSR count). The molecule has 0 saturated heterocycles. The van der Waals surface area contributed by atoms with Crippen molar-refractivity contribution in [3.05, 3.63) is 4.88 Å². The van der Waals surface area contributed by atoms with Gasteiger partial charge in [-0.15, -0.1) is 0 Å². The first-order valence-electron chi connectivity index (χ1n) is 7.17. The van der Waals surface area contributed by atoms with Gasteiger partial charge in [-0.3, -0.25) is 0 Å². The number of thioether (sulfide) groups is 1. The molecule has 0 aliphatic carbocycles. The number of rotatable bonds is 6. The summed E-state index contributed by atoms with van der Waals surface area (Å²) in [5, 5.41) is 1.54. The molecule has 1 aliphatic heterocycles. The third-order valence-electron chi connectivity index (χ3n) is 3.15. The maximum Gasteiger partial charge on any atom is 0.182 e. The lowest BCUT2D eigenvalue weighted by molar-refractivity contribution is 0.329. The molecule has 1 aromatic heterocycles. The molecule has 1 atom stereocenters. The molecule has 20 heavy (non-hydrogen) atoms. The van der Waals surface area contributed by atoms with Crippen molar-refractivity contribution < 1.29 is 0 Å². The predicted octanol–water partition coefficient (Wildman–Crippen LogP) is 3.32. The van der Waals surface area contributed by atoms with Crippen LogP contribution in [0.5, 0.6) is 0 Å². The first kappa shape index (κ1) is 15.6. The Kier molecular flexibility index (Phi) is 5.68. The molecule has 0 bridgehead atoms. The Balaban J connectivity index is 2.14. The Bertz CT molecular complexity index is 471. The van der Waals surface area contributed by atoms with Crippen molar-refractivity contribution in [1.29, 1.82) is 0 Å². The molecule has 5 nitrogen and oxygen atoms in total. The van der Waals surface area contributed by atoms with Crippen molar-refractivity contribution in [1.82, 2.24) is 9.88 Å². The molecule has 0 saturated carbocycles. The zero-order valence-electron chi connectivity index (χ0n) is 12.1. The third kappa shape index (κ3) is 3.45. The fourth-order valence-corrected chi connectivity index (χ4v) is 3.98. The van der Waals surface area contributed by atoms with Crippen LogP contribution in [0.25, 0.3) is 0 Å². The molecule has 1 aliphatic rings. The van der Waals surface area contributed by atoms with Crippen molar-refractivity contribution >= 4 is 39.2 Å². The van der Waals surface area contributed by atoms with Crippen LogP contribution in [0.3, 0.4) is 0 Å². The highest BCUT2D eigenvalue weighted by Crippen LogP contribution is 2.39. The number of aromatic nitrogens is 1. The van der Waals surface area contributed by atoms with Gasteiger partial charge in [0, 0.05) is 12.3 Å². The van der Waals surface area contributed by atoms with Gasteiger partial charge in [0.2, 0.25) is 0 Å². The third-order valence-corrected chi connectivity index (χ3v) is 5.17. The Morgan fingerprint density at radius 2 is 2.10 bits per heavy atom. The number of unbranched alkanes of at least 4 members (excludes halogenated alkanes) is 2. The summed E-state index contributed by atoms with van der Waals surface area (Å²) in [6, 6.07) is 0. The Morgan fingerprint density at radius 1 is 1.30 bits per heavy atom. The van der Waals surface area contributed by atoms with E-state index in [1.165, 1.54) is 30.6 Å². The SMILES string of the molecule is CCCCCSC1=Nc2nc(N)sc2C(N)N1CCC. The van der Waals surface area contributed by atoms with Crippen molar-refractivity contribution in [3.8, 4) is 0 Å². The van der Waals surface area contributed by atoms with Crippen LogP contribution in [0.2, 0.25) is 0 Å². The van der Waals surface area contributed by atoms with Crippen LogP contribution >= 0.6 is 23.1 Å². The van der Waals surface area contributed by atoms with Crippen molar-refractivity contribution in [2.75, 3.05) is 18.0 Å². The largest absolute Gasteiger partial charge is 0.375 e. The monoisotopic (exact) mass is 313 g/mol. The number of nitrogens with zero attached hydrogens (tertiary/aromatic N) is 3. The summed E-state index contributed by atoms with van der Waals surface area (Å²) in [5.41, 5.74) is 12.1. The maximum atomic E-state index is 6.36. The van der Waals surface area contributed by atoms with Crippen LogP contribution in [0.15, 0.2) is 4.99 Å². The van der Waals surface area contributed by atoms with Crippen LogP contribution in [0, 0.1) is 0 Å². The van der Waals surface area contributed by atoms with Gasteiger partial charge in [0.1, 0.15) is 6.17 Å². The van der Waals surface area contributed by atoms with Gasteiger partial charge in [-0.2, -0.15) is 0 Å². The lowest BCUT2D eigenvalue weighted by Gasteiger charge is -2.33. The zero-order valence-corrected chi connectivity index (χ0v) is 13.8. The highest BCUT2D eigenvalue weighted by Gasteiger charge is 2.29. The topological polar surface area (TPSA) is 80.5 Å². The number of amidine groups is 1.